The van der Waals surface area contributed by atoms with Crippen molar-refractivity contribution in [1.82, 2.24) is 10.2 Å². The van der Waals surface area contributed by atoms with E-state index in [9.17, 15) is 4.79 Å². The second-order valence-electron chi connectivity index (χ2n) is 6.72. The van der Waals surface area contributed by atoms with Crippen LogP contribution >= 0.6 is 11.8 Å². The van der Waals surface area contributed by atoms with Crippen molar-refractivity contribution in [3.05, 3.63) is 0 Å². The number of nitrogens with zero attached hydrogens (tertiary/aromatic N) is 1. The SMILES string of the molecule is CCCC1NC(CC(C)C)C(=O)N1C1CCC(SC)C1. The van der Waals surface area contributed by atoms with Crippen molar-refractivity contribution in [2.24, 2.45) is 5.92 Å². The number of hydrogen-bond acceptors (Lipinski definition) is 3. The van der Waals surface area contributed by atoms with E-state index in [1.165, 1.54) is 19.3 Å². The number of carbonyl (C=O) groups excluding carboxylic acids is 1. The molecule has 0 radical (unpaired) electrons. The van der Waals surface area contributed by atoms with Crippen molar-refractivity contribution >= 4 is 17.7 Å². The largest absolute Gasteiger partial charge is 0.323 e. The molecule has 2 fully saturated rings. The Balaban J connectivity index is 2.05. The fourth-order valence-corrected chi connectivity index (χ4v) is 4.46. The smallest absolute Gasteiger partial charge is 0.241 e. The molecule has 1 aliphatic heterocycles. The van der Waals surface area contributed by atoms with Crippen LogP contribution in [0.5, 0.6) is 0 Å². The van der Waals surface area contributed by atoms with E-state index in [1.54, 1.807) is 0 Å². The summed E-state index contributed by atoms with van der Waals surface area (Å²) in [4.78, 5) is 15.0. The number of hydrogen-bond donors (Lipinski definition) is 1. The van der Waals surface area contributed by atoms with Crippen molar-refractivity contribution in [2.45, 2.75) is 82.8 Å². The minimum atomic E-state index is 0.0554. The maximum atomic E-state index is 12.8. The average molecular weight is 298 g/mol. The summed E-state index contributed by atoms with van der Waals surface area (Å²) in [6, 6.07) is 0.529. The Morgan fingerprint density at radius 1 is 1.40 bits per heavy atom. The summed E-state index contributed by atoms with van der Waals surface area (Å²) < 4.78 is 0. The van der Waals surface area contributed by atoms with Crippen LogP contribution in [0.25, 0.3) is 0 Å². The van der Waals surface area contributed by atoms with Crippen LogP contribution in [0, 0.1) is 5.92 Å². The minimum absolute atomic E-state index is 0.0554. The topological polar surface area (TPSA) is 32.3 Å². The van der Waals surface area contributed by atoms with Crippen LogP contribution in [0.4, 0.5) is 0 Å². The maximum absolute atomic E-state index is 12.8. The van der Waals surface area contributed by atoms with Crippen molar-refractivity contribution < 1.29 is 4.79 Å². The van der Waals surface area contributed by atoms with Gasteiger partial charge in [-0.05, 0) is 44.3 Å². The molecule has 0 aromatic rings. The van der Waals surface area contributed by atoms with Crippen molar-refractivity contribution in [3.8, 4) is 0 Å². The molecule has 1 saturated carbocycles. The molecule has 0 aromatic heterocycles. The zero-order valence-corrected chi connectivity index (χ0v) is 14.2. The molecule has 1 amide bonds. The third-order valence-corrected chi connectivity index (χ3v) is 5.73. The van der Waals surface area contributed by atoms with Crippen LogP contribution in [0.3, 0.4) is 0 Å². The summed E-state index contributed by atoms with van der Waals surface area (Å²) >= 11 is 1.96. The van der Waals surface area contributed by atoms with Crippen LogP contribution in [0.1, 0.15) is 59.3 Å². The van der Waals surface area contributed by atoms with Gasteiger partial charge in [-0.1, -0.05) is 27.2 Å². The van der Waals surface area contributed by atoms with E-state index in [-0.39, 0.29) is 12.2 Å². The van der Waals surface area contributed by atoms with Gasteiger partial charge in [0.25, 0.3) is 0 Å². The Morgan fingerprint density at radius 3 is 2.70 bits per heavy atom. The molecule has 20 heavy (non-hydrogen) atoms. The first-order chi connectivity index (χ1) is 9.56. The quantitative estimate of drug-likeness (QED) is 0.817. The summed E-state index contributed by atoms with van der Waals surface area (Å²) in [6.07, 6.45) is 9.30. The molecule has 0 bridgehead atoms. The molecule has 116 valence electrons. The lowest BCUT2D eigenvalue weighted by Gasteiger charge is -2.30. The van der Waals surface area contributed by atoms with Gasteiger partial charge < -0.3 is 4.90 Å². The molecule has 1 heterocycles. The van der Waals surface area contributed by atoms with Crippen LogP contribution in [0.2, 0.25) is 0 Å². The standard InChI is InChI=1S/C16H30N2OS/c1-5-6-15-17-14(9-11(2)3)16(19)18(15)12-7-8-13(10-12)20-4/h11-15,17H,5-10H2,1-4H3. The fraction of sp³-hybridized carbons (Fsp3) is 0.938. The zero-order chi connectivity index (χ0) is 14.7. The van der Waals surface area contributed by atoms with Gasteiger partial charge in [-0.2, -0.15) is 11.8 Å². The van der Waals surface area contributed by atoms with Gasteiger partial charge in [0.05, 0.1) is 12.2 Å². The minimum Gasteiger partial charge on any atom is -0.323 e. The van der Waals surface area contributed by atoms with E-state index >= 15 is 0 Å². The number of rotatable bonds is 6. The van der Waals surface area contributed by atoms with E-state index in [4.69, 9.17) is 0 Å². The van der Waals surface area contributed by atoms with E-state index < -0.39 is 0 Å². The number of amides is 1. The van der Waals surface area contributed by atoms with Gasteiger partial charge in [0.2, 0.25) is 5.91 Å². The molecule has 4 atom stereocenters. The highest BCUT2D eigenvalue weighted by Crippen LogP contribution is 2.35. The van der Waals surface area contributed by atoms with E-state index in [1.807, 2.05) is 11.8 Å². The van der Waals surface area contributed by atoms with Crippen molar-refractivity contribution in [1.29, 1.82) is 0 Å². The lowest BCUT2D eigenvalue weighted by molar-refractivity contribution is -0.132. The molecule has 3 nitrogen and oxygen atoms in total. The molecule has 0 aromatic carbocycles. The van der Waals surface area contributed by atoms with E-state index in [2.05, 4.69) is 37.2 Å². The third kappa shape index (κ3) is 3.51. The van der Waals surface area contributed by atoms with Gasteiger partial charge in [0.1, 0.15) is 0 Å². The lowest BCUT2D eigenvalue weighted by atomic mass is 10.0. The number of carbonyl (C=O) groups is 1. The molecule has 2 rings (SSSR count). The molecule has 1 saturated heterocycles. The Labute approximate surface area is 128 Å². The van der Waals surface area contributed by atoms with Gasteiger partial charge in [0, 0.05) is 11.3 Å². The van der Waals surface area contributed by atoms with Crippen LogP contribution in [-0.4, -0.2) is 40.6 Å². The van der Waals surface area contributed by atoms with Crippen LogP contribution in [0.15, 0.2) is 0 Å². The van der Waals surface area contributed by atoms with Gasteiger partial charge in [0.15, 0.2) is 0 Å². The summed E-state index contributed by atoms with van der Waals surface area (Å²) in [7, 11) is 0. The monoisotopic (exact) mass is 298 g/mol. The Bertz CT molecular complexity index is 334. The van der Waals surface area contributed by atoms with Gasteiger partial charge in [-0.25, -0.2) is 0 Å². The predicted molar refractivity (Wildman–Crippen MR) is 86.9 cm³/mol. The summed E-state index contributed by atoms with van der Waals surface area (Å²) in [5.41, 5.74) is 0. The number of nitrogens with one attached hydrogen (secondary N) is 1. The second kappa shape index (κ2) is 7.17. The Morgan fingerprint density at radius 2 is 2.15 bits per heavy atom. The number of thioether (sulfide) groups is 1. The lowest BCUT2D eigenvalue weighted by Crippen LogP contribution is -2.43. The highest BCUT2D eigenvalue weighted by molar-refractivity contribution is 7.99. The normalized spacial score (nSPS) is 34.5. The van der Waals surface area contributed by atoms with Gasteiger partial charge >= 0.3 is 0 Å². The average Bonchev–Trinajstić information content (AvgIpc) is 2.96. The van der Waals surface area contributed by atoms with Gasteiger partial charge in [-0.15, -0.1) is 0 Å². The predicted octanol–water partition coefficient (Wildman–Crippen LogP) is 3.24. The molecule has 4 unspecified atom stereocenters. The highest BCUT2D eigenvalue weighted by atomic mass is 32.2. The second-order valence-corrected chi connectivity index (χ2v) is 7.86. The molecule has 1 N–H and O–H groups in total. The molecule has 2 aliphatic rings. The third-order valence-electron chi connectivity index (χ3n) is 4.63. The molecular formula is C16H30N2OS. The fourth-order valence-electron chi connectivity index (χ4n) is 3.67. The summed E-state index contributed by atoms with van der Waals surface area (Å²) in [6.45, 7) is 6.61. The van der Waals surface area contributed by atoms with Crippen LogP contribution < -0.4 is 5.32 Å². The molecule has 1 aliphatic carbocycles. The van der Waals surface area contributed by atoms with E-state index in [0.29, 0.717) is 17.9 Å². The van der Waals surface area contributed by atoms with Crippen LogP contribution in [-0.2, 0) is 4.79 Å². The first-order valence-electron chi connectivity index (χ1n) is 8.17. The summed E-state index contributed by atoms with van der Waals surface area (Å²) in [5, 5.41) is 4.35. The van der Waals surface area contributed by atoms with E-state index in [0.717, 1.165) is 24.5 Å². The van der Waals surface area contributed by atoms with Crippen molar-refractivity contribution in [2.75, 3.05) is 6.26 Å². The first kappa shape index (κ1) is 16.2. The van der Waals surface area contributed by atoms with Crippen molar-refractivity contribution in [3.63, 3.8) is 0 Å². The molecule has 0 spiro atoms. The Hall–Kier alpha value is -0.220. The summed E-state index contributed by atoms with van der Waals surface area (Å²) in [5.74, 6) is 0.935. The highest BCUT2D eigenvalue weighted by Gasteiger charge is 2.43. The Kier molecular flexibility index (Phi) is 5.79. The maximum Gasteiger partial charge on any atom is 0.241 e. The molecule has 4 heteroatoms. The first-order valence-corrected chi connectivity index (χ1v) is 9.46. The zero-order valence-electron chi connectivity index (χ0n) is 13.4. The molecular weight excluding hydrogens is 268 g/mol. The van der Waals surface area contributed by atoms with Gasteiger partial charge in [-0.3, -0.25) is 10.1 Å².